The number of anilines is 1. The Labute approximate surface area is 112 Å². The number of aromatic nitrogens is 2. The molecule has 4 nitrogen and oxygen atoms in total. The average Bonchev–Trinajstić information content (AvgIpc) is 2.73. The quantitative estimate of drug-likeness (QED) is 0.763. The third kappa shape index (κ3) is 1.63. The van der Waals surface area contributed by atoms with Gasteiger partial charge in [-0.1, -0.05) is 6.07 Å². The van der Waals surface area contributed by atoms with Crippen LogP contribution in [0.5, 0.6) is 0 Å². The van der Waals surface area contributed by atoms with Crippen molar-refractivity contribution in [2.24, 2.45) is 0 Å². The molecule has 2 aromatic heterocycles. The molecule has 3 aromatic rings. The molecule has 98 valence electrons. The van der Waals surface area contributed by atoms with E-state index in [-0.39, 0.29) is 0 Å². The van der Waals surface area contributed by atoms with Crippen LogP contribution in [0.25, 0.3) is 21.8 Å². The van der Waals surface area contributed by atoms with Crippen molar-refractivity contribution >= 4 is 27.5 Å². The summed E-state index contributed by atoms with van der Waals surface area (Å²) in [6.07, 6.45) is 1.88. The molecule has 0 radical (unpaired) electrons. The van der Waals surface area contributed by atoms with Gasteiger partial charge in [0.05, 0.1) is 16.7 Å². The van der Waals surface area contributed by atoms with Gasteiger partial charge in [-0.2, -0.15) is 0 Å². The Bertz CT molecular complexity index is 756. The first-order chi connectivity index (χ1) is 9.13. The van der Waals surface area contributed by atoms with Crippen molar-refractivity contribution in [3.05, 3.63) is 36.2 Å². The summed E-state index contributed by atoms with van der Waals surface area (Å²) in [4.78, 5) is 4.43. The van der Waals surface area contributed by atoms with Crippen LogP contribution >= 0.6 is 0 Å². The Morgan fingerprint density at radius 1 is 1.16 bits per heavy atom. The topological polar surface area (TPSA) is 33.1 Å². The number of nitrogens with zero attached hydrogens (tertiary/aromatic N) is 3. The highest BCUT2D eigenvalue weighted by atomic mass is 15.5. The molecular weight excluding hydrogens is 236 g/mol. The highest BCUT2D eigenvalue weighted by Crippen LogP contribution is 2.31. The first kappa shape index (κ1) is 11.8. The Hall–Kier alpha value is -2.23. The van der Waals surface area contributed by atoms with Crippen LogP contribution in [0.2, 0.25) is 0 Å². The van der Waals surface area contributed by atoms with Crippen molar-refractivity contribution in [3.63, 3.8) is 0 Å². The smallest absolute Gasteiger partial charge is 0.0920 e. The van der Waals surface area contributed by atoms with Crippen LogP contribution in [-0.4, -0.2) is 30.8 Å². The van der Waals surface area contributed by atoms with Gasteiger partial charge in [0.2, 0.25) is 0 Å². The molecule has 2 heterocycles. The minimum Gasteiger partial charge on any atom is -0.388 e. The molecule has 0 aliphatic carbocycles. The van der Waals surface area contributed by atoms with E-state index in [4.69, 9.17) is 0 Å². The summed E-state index contributed by atoms with van der Waals surface area (Å²) < 4.78 is 2.22. The molecule has 1 N–H and O–H groups in total. The molecule has 0 spiro atoms. The van der Waals surface area contributed by atoms with Gasteiger partial charge in [0.1, 0.15) is 0 Å². The third-order valence-corrected chi connectivity index (χ3v) is 3.52. The maximum absolute atomic E-state index is 4.43. The van der Waals surface area contributed by atoms with Crippen LogP contribution in [0.4, 0.5) is 5.69 Å². The van der Waals surface area contributed by atoms with Gasteiger partial charge in [-0.05, 0) is 25.1 Å². The summed E-state index contributed by atoms with van der Waals surface area (Å²) >= 11 is 0. The largest absolute Gasteiger partial charge is 0.388 e. The molecule has 19 heavy (non-hydrogen) atoms. The van der Waals surface area contributed by atoms with Crippen molar-refractivity contribution in [1.29, 1.82) is 0 Å². The summed E-state index contributed by atoms with van der Waals surface area (Å²) in [5.41, 5.74) is 4.54. The van der Waals surface area contributed by atoms with Gasteiger partial charge >= 0.3 is 0 Å². The lowest BCUT2D eigenvalue weighted by Gasteiger charge is -2.18. The minimum absolute atomic E-state index is 1.05. The first-order valence-corrected chi connectivity index (χ1v) is 6.38. The zero-order valence-electron chi connectivity index (χ0n) is 11.7. The van der Waals surface area contributed by atoms with Gasteiger partial charge in [0.15, 0.2) is 0 Å². The summed E-state index contributed by atoms with van der Waals surface area (Å²) in [6.45, 7) is 2.06. The zero-order valence-corrected chi connectivity index (χ0v) is 11.7. The number of aryl methyl sites for hydroxylation is 1. The Morgan fingerprint density at radius 2 is 1.95 bits per heavy atom. The second-order valence-electron chi connectivity index (χ2n) is 4.93. The number of rotatable bonds is 2. The van der Waals surface area contributed by atoms with E-state index < -0.39 is 0 Å². The fraction of sp³-hybridized carbons (Fsp3) is 0.267. The zero-order chi connectivity index (χ0) is 13.6. The molecule has 0 saturated heterocycles. The number of fused-ring (bicyclic) bond motifs is 3. The predicted octanol–water partition coefficient (Wildman–Crippen LogP) is 2.74. The maximum atomic E-state index is 4.43. The van der Waals surface area contributed by atoms with Crippen molar-refractivity contribution in [1.82, 2.24) is 9.66 Å². The summed E-state index contributed by atoms with van der Waals surface area (Å²) in [5.74, 6) is 0. The molecule has 0 saturated carbocycles. The van der Waals surface area contributed by atoms with E-state index in [1.54, 1.807) is 0 Å². The average molecular weight is 254 g/mol. The molecule has 0 unspecified atom stereocenters. The number of benzene rings is 1. The van der Waals surface area contributed by atoms with E-state index in [1.165, 1.54) is 21.8 Å². The summed E-state index contributed by atoms with van der Waals surface area (Å²) in [7, 11) is 6.05. The van der Waals surface area contributed by atoms with Gasteiger partial charge in [0.25, 0.3) is 0 Å². The van der Waals surface area contributed by atoms with Crippen LogP contribution < -0.4 is 10.3 Å². The molecule has 0 aliphatic rings. The normalized spacial score (nSPS) is 11.2. The molecule has 0 fully saturated rings. The maximum Gasteiger partial charge on any atom is 0.0920 e. The van der Waals surface area contributed by atoms with Crippen molar-refractivity contribution in [2.45, 2.75) is 6.92 Å². The van der Waals surface area contributed by atoms with Gasteiger partial charge in [-0.25, -0.2) is 0 Å². The molecule has 0 amide bonds. The van der Waals surface area contributed by atoms with Gasteiger partial charge in [-0.3, -0.25) is 9.66 Å². The SMILES string of the molecule is CNc1ccc2c3ccnc(C)c3n(N(C)C)c2c1. The van der Waals surface area contributed by atoms with Crippen molar-refractivity contribution < 1.29 is 0 Å². The van der Waals surface area contributed by atoms with E-state index >= 15 is 0 Å². The van der Waals surface area contributed by atoms with Crippen LogP contribution in [0.3, 0.4) is 0 Å². The van der Waals surface area contributed by atoms with E-state index in [2.05, 4.69) is 65.3 Å². The predicted molar refractivity (Wildman–Crippen MR) is 81.6 cm³/mol. The molecule has 0 aliphatic heterocycles. The number of hydrogen-bond acceptors (Lipinski definition) is 3. The fourth-order valence-electron chi connectivity index (χ4n) is 2.67. The second kappa shape index (κ2) is 4.16. The van der Waals surface area contributed by atoms with Crippen LogP contribution in [0.1, 0.15) is 5.69 Å². The van der Waals surface area contributed by atoms with E-state index in [0.29, 0.717) is 0 Å². The molecule has 3 rings (SSSR count). The summed E-state index contributed by atoms with van der Waals surface area (Å²) in [5, 5.41) is 7.80. The van der Waals surface area contributed by atoms with Crippen LogP contribution in [0, 0.1) is 6.92 Å². The van der Waals surface area contributed by atoms with Gasteiger partial charge in [0, 0.05) is 43.8 Å². The van der Waals surface area contributed by atoms with Gasteiger partial charge < -0.3 is 10.3 Å². The highest BCUT2D eigenvalue weighted by molar-refractivity contribution is 6.09. The minimum atomic E-state index is 1.05. The second-order valence-corrected chi connectivity index (χ2v) is 4.93. The lowest BCUT2D eigenvalue weighted by Crippen LogP contribution is -2.24. The molecule has 0 bridgehead atoms. The third-order valence-electron chi connectivity index (χ3n) is 3.52. The Balaban J connectivity index is 2.54. The van der Waals surface area contributed by atoms with E-state index in [1.807, 2.05) is 13.2 Å². The van der Waals surface area contributed by atoms with E-state index in [9.17, 15) is 0 Å². The number of hydrogen-bond donors (Lipinski definition) is 1. The monoisotopic (exact) mass is 254 g/mol. The number of pyridine rings is 1. The van der Waals surface area contributed by atoms with E-state index in [0.717, 1.165) is 11.4 Å². The Kier molecular flexibility index (Phi) is 2.59. The summed E-state index contributed by atoms with van der Waals surface area (Å²) in [6, 6.07) is 8.54. The first-order valence-electron chi connectivity index (χ1n) is 6.38. The number of nitrogens with one attached hydrogen (secondary N) is 1. The van der Waals surface area contributed by atoms with Crippen LogP contribution in [-0.2, 0) is 0 Å². The molecule has 4 heteroatoms. The van der Waals surface area contributed by atoms with Crippen LogP contribution in [0.15, 0.2) is 30.5 Å². The molecular formula is C15H18N4. The van der Waals surface area contributed by atoms with Crippen molar-refractivity contribution in [3.8, 4) is 0 Å². The standard InChI is InChI=1S/C15H18N4/c1-10-15-13(7-8-17-10)12-6-5-11(16-2)9-14(12)19(15)18(3)4/h5-9,16H,1-4H3. The lowest BCUT2D eigenvalue weighted by molar-refractivity contribution is 0.784. The van der Waals surface area contributed by atoms with Gasteiger partial charge in [-0.15, -0.1) is 0 Å². The Morgan fingerprint density at radius 3 is 2.63 bits per heavy atom. The fourth-order valence-corrected chi connectivity index (χ4v) is 2.67. The lowest BCUT2D eigenvalue weighted by atomic mass is 10.1. The van der Waals surface area contributed by atoms with Crippen molar-refractivity contribution in [2.75, 3.05) is 31.5 Å². The highest BCUT2D eigenvalue weighted by Gasteiger charge is 2.14. The molecule has 0 atom stereocenters. The molecule has 1 aromatic carbocycles.